The van der Waals surface area contributed by atoms with Crippen LogP contribution in [0.2, 0.25) is 0 Å². The summed E-state index contributed by atoms with van der Waals surface area (Å²) < 4.78 is 5.17. The predicted molar refractivity (Wildman–Crippen MR) is 274 cm³/mol. The molecule has 0 bridgehead atoms. The lowest BCUT2D eigenvalue weighted by molar-refractivity contribution is 0.0898. The van der Waals surface area contributed by atoms with Crippen LogP contribution in [0.25, 0.3) is 0 Å². The van der Waals surface area contributed by atoms with Gasteiger partial charge in [-0.25, -0.2) is 0 Å². The largest absolute Gasteiger partial charge is 0.392 e. The number of ether oxygens (including phenoxy) is 1. The molecule has 0 aromatic carbocycles. The Kier molecular flexibility index (Phi) is 49.7. The Morgan fingerprint density at radius 1 is 0.500 bits per heavy atom. The average molecular weight is 888 g/mol. The molecule has 1 aliphatic rings. The van der Waals surface area contributed by atoms with E-state index < -0.39 is 0 Å². The van der Waals surface area contributed by atoms with Crippen LogP contribution in [0.3, 0.4) is 0 Å². The van der Waals surface area contributed by atoms with Crippen molar-refractivity contribution in [3.63, 3.8) is 0 Å². The van der Waals surface area contributed by atoms with Crippen molar-refractivity contribution in [1.29, 1.82) is 0 Å². The average Bonchev–Trinajstić information content (AvgIpc) is 4.09. The minimum absolute atomic E-state index is 0.211. The smallest absolute Gasteiger partial charge is 0.0810 e. The third-order valence-electron chi connectivity index (χ3n) is 12.1. The summed E-state index contributed by atoms with van der Waals surface area (Å²) in [5, 5.41) is 14.2. The molecule has 1 aliphatic heterocycles. The third kappa shape index (κ3) is 49.0. The fraction of sp³-hybridized carbons (Fsp3) is 1.00. The van der Waals surface area contributed by atoms with E-state index in [9.17, 15) is 5.11 Å². The number of hydrogen-bond acceptors (Lipinski definition) is 12. The van der Waals surface area contributed by atoms with Crippen LogP contribution >= 0.6 is 0 Å². The van der Waals surface area contributed by atoms with Crippen LogP contribution < -0.4 is 16.8 Å². The Hall–Kier alpha value is -0.480. The van der Waals surface area contributed by atoms with Crippen LogP contribution in [0.1, 0.15) is 143 Å². The minimum Gasteiger partial charge on any atom is -0.392 e. The molecule has 1 heterocycles. The van der Waals surface area contributed by atoms with Gasteiger partial charge in [0.25, 0.3) is 0 Å². The molecule has 2 unspecified atom stereocenters. The highest BCUT2D eigenvalue weighted by Crippen LogP contribution is 2.18. The van der Waals surface area contributed by atoms with Gasteiger partial charge in [0, 0.05) is 111 Å². The van der Waals surface area contributed by atoms with Gasteiger partial charge in [-0.1, -0.05) is 130 Å². The summed E-state index contributed by atoms with van der Waals surface area (Å²) in [6.07, 6.45) is 24.6. The fourth-order valence-corrected chi connectivity index (χ4v) is 7.20. The predicted octanol–water partition coefficient (Wildman–Crippen LogP) is 6.22. The van der Waals surface area contributed by atoms with Gasteiger partial charge in [0.2, 0.25) is 0 Å². The molecular weight excluding hydrogens is 773 g/mol. The van der Waals surface area contributed by atoms with Gasteiger partial charge in [0.05, 0.1) is 18.8 Å². The highest BCUT2D eigenvalue weighted by atomic mass is 16.6. The van der Waals surface area contributed by atoms with E-state index >= 15 is 0 Å². The molecule has 0 aliphatic carbocycles. The molecule has 0 amide bonds. The van der Waals surface area contributed by atoms with Crippen molar-refractivity contribution in [2.75, 3.05) is 173 Å². The molecule has 0 saturated carbocycles. The number of aliphatic hydroxyl groups excluding tert-OH is 1. The molecule has 0 radical (unpaired) electrons. The Morgan fingerprint density at radius 2 is 0.903 bits per heavy atom. The highest BCUT2D eigenvalue weighted by molar-refractivity contribution is 4.71. The molecule has 1 fully saturated rings. The maximum atomic E-state index is 10.7. The molecule has 12 nitrogen and oxygen atoms in total. The molecule has 376 valence electrons. The summed E-state index contributed by atoms with van der Waals surface area (Å²) in [6.45, 7) is 29.0. The van der Waals surface area contributed by atoms with Gasteiger partial charge in [-0.3, -0.25) is 14.7 Å². The summed E-state index contributed by atoms with van der Waals surface area (Å²) in [5.74, 6) is 0. The van der Waals surface area contributed by atoms with E-state index in [-0.39, 0.29) is 6.10 Å². The number of rotatable bonds is 44. The van der Waals surface area contributed by atoms with Crippen molar-refractivity contribution in [2.45, 2.75) is 155 Å². The Bertz CT molecular complexity index is 857. The summed E-state index contributed by atoms with van der Waals surface area (Å²) in [4.78, 5) is 16.5. The summed E-state index contributed by atoms with van der Waals surface area (Å²) in [5.41, 5.74) is 11.5. The van der Waals surface area contributed by atoms with Gasteiger partial charge in [0.15, 0.2) is 0 Å². The van der Waals surface area contributed by atoms with Gasteiger partial charge >= 0.3 is 0 Å². The van der Waals surface area contributed by atoms with E-state index in [1.54, 1.807) is 0 Å². The molecule has 0 aromatic rings. The lowest BCUT2D eigenvalue weighted by Gasteiger charge is -2.30. The number of nitrogens with one attached hydrogen (secondary N) is 1. The lowest BCUT2D eigenvalue weighted by Crippen LogP contribution is -2.44. The topological polar surface area (TPSA) is 120 Å². The summed E-state index contributed by atoms with van der Waals surface area (Å²) >= 11 is 0. The second kappa shape index (κ2) is 48.5. The van der Waals surface area contributed by atoms with Crippen LogP contribution in [0, 0.1) is 0 Å². The van der Waals surface area contributed by atoms with Crippen molar-refractivity contribution < 1.29 is 9.84 Å². The van der Waals surface area contributed by atoms with Gasteiger partial charge in [-0.2, -0.15) is 0 Å². The summed E-state index contributed by atoms with van der Waals surface area (Å²) in [7, 11) is 12.8. The first-order valence-electron chi connectivity index (χ1n) is 26.2. The van der Waals surface area contributed by atoms with Gasteiger partial charge < -0.3 is 46.2 Å². The second-order valence-corrected chi connectivity index (χ2v) is 18.8. The molecule has 12 heteroatoms. The monoisotopic (exact) mass is 887 g/mol. The van der Waals surface area contributed by atoms with Crippen LogP contribution in [0.4, 0.5) is 0 Å². The minimum atomic E-state index is -0.211. The first-order chi connectivity index (χ1) is 29.9. The molecule has 0 spiro atoms. The number of unbranched alkanes of at least 4 members (excludes halogenated alkanes) is 14. The quantitative estimate of drug-likeness (QED) is 0.0411. The molecule has 0 aromatic heterocycles. The van der Waals surface area contributed by atoms with E-state index in [1.165, 1.54) is 103 Å². The first-order valence-corrected chi connectivity index (χ1v) is 26.2. The van der Waals surface area contributed by atoms with E-state index in [0.717, 1.165) is 137 Å². The first kappa shape index (κ1) is 63.6. The Morgan fingerprint density at radius 3 is 1.37 bits per heavy atom. The van der Waals surface area contributed by atoms with Crippen molar-refractivity contribution in [1.82, 2.24) is 39.6 Å². The van der Waals surface area contributed by atoms with Crippen LogP contribution in [-0.4, -0.2) is 225 Å². The van der Waals surface area contributed by atoms with Crippen molar-refractivity contribution in [2.24, 2.45) is 11.5 Å². The number of nitrogens with two attached hydrogens (primary N) is 2. The number of aliphatic hydroxyl groups is 1. The zero-order valence-electron chi connectivity index (χ0n) is 43.7. The number of hydrogen-bond donors (Lipinski definition) is 4. The molecule has 6 N–H and O–H groups in total. The number of nitrogens with zero attached hydrogens (tertiary/aromatic N) is 7. The fourth-order valence-electron chi connectivity index (χ4n) is 7.20. The van der Waals surface area contributed by atoms with E-state index in [4.69, 9.17) is 16.2 Å². The van der Waals surface area contributed by atoms with Gasteiger partial charge in [0.1, 0.15) is 0 Å². The maximum absolute atomic E-state index is 10.7. The zero-order chi connectivity index (χ0) is 46.5. The number of epoxide rings is 1. The summed E-state index contributed by atoms with van der Waals surface area (Å²) in [6, 6.07) is 0. The highest BCUT2D eigenvalue weighted by Gasteiger charge is 2.21. The normalized spacial score (nSPS) is 14.4. The van der Waals surface area contributed by atoms with Crippen LogP contribution in [0.15, 0.2) is 0 Å². The van der Waals surface area contributed by atoms with Crippen molar-refractivity contribution in [3.05, 3.63) is 0 Å². The maximum Gasteiger partial charge on any atom is 0.0810 e. The SMILES string of the molecule is CCCCCCCCCCC(O)CN(CCN(C)CC)CCN(CCN)CCN(C)C.CCCCCCCCCCC1CO1.CCN(C)CCNCCN(CCN)CCN(C)C. The zero-order valence-corrected chi connectivity index (χ0v) is 43.7. The molecule has 1 saturated heterocycles. The van der Waals surface area contributed by atoms with Crippen LogP contribution in [-0.2, 0) is 4.74 Å². The molecule has 2 atom stereocenters. The van der Waals surface area contributed by atoms with E-state index in [0.29, 0.717) is 12.6 Å². The van der Waals surface area contributed by atoms with Crippen molar-refractivity contribution >= 4 is 0 Å². The lowest BCUT2D eigenvalue weighted by atomic mass is 10.1. The van der Waals surface area contributed by atoms with E-state index in [1.807, 2.05) is 0 Å². The Labute approximate surface area is 388 Å². The van der Waals surface area contributed by atoms with Crippen LogP contribution in [0.5, 0.6) is 0 Å². The molecule has 1 rings (SSSR count). The van der Waals surface area contributed by atoms with E-state index in [2.05, 4.69) is 110 Å². The molecule has 62 heavy (non-hydrogen) atoms. The second-order valence-electron chi connectivity index (χ2n) is 18.8. The van der Waals surface area contributed by atoms with Gasteiger partial charge in [-0.05, 0) is 68.2 Å². The van der Waals surface area contributed by atoms with Gasteiger partial charge in [-0.15, -0.1) is 0 Å². The standard InChI is InChI=1S/C25H57N5O.C13H33N5.C12H24O/c1-6-8-9-10-11-12-13-14-15-25(31)24-30(21-19-28(5)7-2)23-22-29(17-16-26)20-18-27(3)4;1-5-17(4)10-7-15-8-11-18(9-6-14)13-12-16(2)3;1-2-3-4-5-6-7-8-9-10-12-11-13-12/h25,31H,6-24,26H2,1-5H3;15H,5-14H2,1-4H3;12H,2-11H2,1H3. The molecular formula is C50H114N10O2. The third-order valence-corrected chi connectivity index (χ3v) is 12.1. The van der Waals surface area contributed by atoms with Crippen molar-refractivity contribution in [3.8, 4) is 0 Å². The Balaban J connectivity index is 0. The number of likely N-dealkylation sites (N-methyl/N-ethyl adjacent to an activating group) is 4.